The van der Waals surface area contributed by atoms with Gasteiger partial charge in [0.05, 0.1) is 0 Å². The summed E-state index contributed by atoms with van der Waals surface area (Å²) in [7, 11) is 0. The first kappa shape index (κ1) is 39.9. The van der Waals surface area contributed by atoms with Crippen LogP contribution in [0.15, 0.2) is 212 Å². The second-order valence-corrected chi connectivity index (χ2v) is 14.8. The minimum Gasteiger partial charge on any atom is -0.316 e. The normalized spacial score (nSPS) is 11.6. The van der Waals surface area contributed by atoms with Gasteiger partial charge >= 0.3 is 0 Å². The lowest BCUT2D eigenvalue weighted by molar-refractivity contribution is 1.23. The van der Waals surface area contributed by atoms with Crippen molar-refractivity contribution in [3.63, 3.8) is 0 Å². The highest BCUT2D eigenvalue weighted by Crippen LogP contribution is 2.37. The highest BCUT2D eigenvalue weighted by Gasteiger charge is 2.17. The molecule has 7 aromatic carbocycles. The standard InChI is InChI=1S/C57H50N2/c1-7-9-19-46(8-2)54(49-20-13-10-14-21-49)40-58(56-36-26-42(3)38-44(56)5)52-32-28-47(29-33-52)48-30-34-53(35-31-48)59(57-37-27-43(4)39-45(57)6)41-55(50-22-15-11-16-23-50)51-24-17-12-18-25-51/h1,8-41H,2-6H3. The van der Waals surface area contributed by atoms with E-state index < -0.39 is 0 Å². The highest BCUT2D eigenvalue weighted by molar-refractivity contribution is 5.87. The van der Waals surface area contributed by atoms with E-state index in [1.54, 1.807) is 6.08 Å². The number of terminal acetylenes is 1. The van der Waals surface area contributed by atoms with Gasteiger partial charge in [0.1, 0.15) is 0 Å². The largest absolute Gasteiger partial charge is 0.316 e. The number of hydrogen-bond acceptors (Lipinski definition) is 2. The number of rotatable bonds is 12. The van der Waals surface area contributed by atoms with E-state index in [9.17, 15) is 0 Å². The van der Waals surface area contributed by atoms with Gasteiger partial charge in [-0.15, -0.1) is 6.42 Å². The Bertz CT molecular complexity index is 2630. The third-order valence-corrected chi connectivity index (χ3v) is 10.6. The predicted octanol–water partition coefficient (Wildman–Crippen LogP) is 15.1. The molecule has 0 aliphatic carbocycles. The van der Waals surface area contributed by atoms with Crippen LogP contribution in [0.4, 0.5) is 22.7 Å². The quantitative estimate of drug-likeness (QED) is 0.0903. The lowest BCUT2D eigenvalue weighted by Gasteiger charge is -2.26. The van der Waals surface area contributed by atoms with Crippen LogP contribution in [-0.2, 0) is 0 Å². The van der Waals surface area contributed by atoms with Gasteiger partial charge in [-0.1, -0.05) is 163 Å². The minimum atomic E-state index is 1.05. The SMILES string of the molecule is C#CC=CC(=CC)C(=CN(c1ccc(-c2ccc(N(C=C(c3ccccc3)c3ccccc3)c3ccc(C)cc3C)cc2)cc1)c1ccc(C)cc1C)c1ccccc1. The highest BCUT2D eigenvalue weighted by atomic mass is 15.1. The topological polar surface area (TPSA) is 6.48 Å². The number of nitrogens with zero attached hydrogens (tertiary/aromatic N) is 2. The molecule has 0 aromatic heterocycles. The summed E-state index contributed by atoms with van der Waals surface area (Å²) in [6, 6.07) is 62.8. The van der Waals surface area contributed by atoms with Gasteiger partial charge < -0.3 is 9.80 Å². The first-order chi connectivity index (χ1) is 28.8. The van der Waals surface area contributed by atoms with Crippen molar-refractivity contribution in [1.29, 1.82) is 0 Å². The summed E-state index contributed by atoms with van der Waals surface area (Å²) in [5.41, 5.74) is 18.3. The number of benzene rings is 7. The molecule has 0 spiro atoms. The van der Waals surface area contributed by atoms with Crippen molar-refractivity contribution < 1.29 is 0 Å². The van der Waals surface area contributed by atoms with Crippen molar-refractivity contribution in [2.75, 3.05) is 9.80 Å². The molecule has 7 aromatic rings. The molecule has 0 saturated carbocycles. The first-order valence-electron chi connectivity index (χ1n) is 20.2. The summed E-state index contributed by atoms with van der Waals surface area (Å²) < 4.78 is 0. The maximum absolute atomic E-state index is 5.67. The van der Waals surface area contributed by atoms with E-state index in [1.807, 2.05) is 12.1 Å². The Morgan fingerprint density at radius 2 is 0.915 bits per heavy atom. The first-order valence-corrected chi connectivity index (χ1v) is 20.2. The molecule has 0 amide bonds. The van der Waals surface area contributed by atoms with Gasteiger partial charge in [-0.05, 0) is 128 Å². The van der Waals surface area contributed by atoms with Crippen molar-refractivity contribution in [1.82, 2.24) is 0 Å². The molecule has 0 atom stereocenters. The average Bonchev–Trinajstić information content (AvgIpc) is 3.27. The summed E-state index contributed by atoms with van der Waals surface area (Å²) in [5, 5.41) is 0. The van der Waals surface area contributed by atoms with Gasteiger partial charge in [-0.2, -0.15) is 0 Å². The van der Waals surface area contributed by atoms with E-state index >= 15 is 0 Å². The molecule has 0 radical (unpaired) electrons. The summed E-state index contributed by atoms with van der Waals surface area (Å²) >= 11 is 0. The summed E-state index contributed by atoms with van der Waals surface area (Å²) in [6.45, 7) is 10.7. The van der Waals surface area contributed by atoms with Crippen LogP contribution < -0.4 is 9.80 Å². The van der Waals surface area contributed by atoms with Crippen molar-refractivity contribution in [2.45, 2.75) is 34.6 Å². The van der Waals surface area contributed by atoms with Crippen LogP contribution in [0, 0.1) is 40.0 Å². The zero-order valence-corrected chi connectivity index (χ0v) is 34.6. The van der Waals surface area contributed by atoms with Gasteiger partial charge in [0.2, 0.25) is 0 Å². The Morgan fingerprint density at radius 3 is 1.32 bits per heavy atom. The molecule has 0 fully saturated rings. The summed E-state index contributed by atoms with van der Waals surface area (Å²) in [4.78, 5) is 4.62. The Kier molecular flexibility index (Phi) is 12.7. The Morgan fingerprint density at radius 1 is 0.492 bits per heavy atom. The summed E-state index contributed by atoms with van der Waals surface area (Å²) in [6.07, 6.45) is 16.1. The van der Waals surface area contributed by atoms with Crippen molar-refractivity contribution in [2.24, 2.45) is 0 Å². The maximum atomic E-state index is 5.67. The Hall–Kier alpha value is -7.34. The molecular weight excluding hydrogens is 713 g/mol. The van der Waals surface area contributed by atoms with E-state index in [0.29, 0.717) is 0 Å². The van der Waals surface area contributed by atoms with E-state index in [-0.39, 0.29) is 0 Å². The van der Waals surface area contributed by atoms with Gasteiger partial charge in [-0.3, -0.25) is 0 Å². The van der Waals surface area contributed by atoms with E-state index in [0.717, 1.165) is 67.3 Å². The molecule has 2 heteroatoms. The van der Waals surface area contributed by atoms with Crippen LogP contribution in [0.25, 0.3) is 22.3 Å². The van der Waals surface area contributed by atoms with Gasteiger partial charge in [0.15, 0.2) is 0 Å². The molecule has 7 rings (SSSR count). The molecule has 288 valence electrons. The molecule has 59 heavy (non-hydrogen) atoms. The number of hydrogen-bond donors (Lipinski definition) is 0. The fourth-order valence-corrected chi connectivity index (χ4v) is 7.57. The second-order valence-electron chi connectivity index (χ2n) is 14.8. The number of aryl methyl sites for hydroxylation is 4. The molecule has 0 aliphatic rings. The summed E-state index contributed by atoms with van der Waals surface area (Å²) in [5.74, 6) is 2.67. The Labute approximate surface area is 351 Å². The Balaban J connectivity index is 1.29. The molecule has 0 aliphatic heterocycles. The molecule has 0 saturated heterocycles. The second kappa shape index (κ2) is 18.7. The van der Waals surface area contributed by atoms with Crippen LogP contribution >= 0.6 is 0 Å². The molecule has 0 heterocycles. The molecule has 0 unspecified atom stereocenters. The lowest BCUT2D eigenvalue weighted by Crippen LogP contribution is -2.12. The maximum Gasteiger partial charge on any atom is 0.0485 e. The number of allylic oxidation sites excluding steroid dienone is 5. The van der Waals surface area contributed by atoms with Crippen molar-refractivity contribution >= 4 is 33.9 Å². The predicted molar refractivity (Wildman–Crippen MR) is 254 cm³/mol. The average molecular weight is 763 g/mol. The van der Waals surface area contributed by atoms with Crippen LogP contribution in [0.3, 0.4) is 0 Å². The van der Waals surface area contributed by atoms with Crippen molar-refractivity contribution in [3.05, 3.63) is 251 Å². The van der Waals surface area contributed by atoms with Gasteiger partial charge in [-0.25, -0.2) is 0 Å². The third kappa shape index (κ3) is 9.45. The fraction of sp³-hybridized carbons (Fsp3) is 0.0877. The zero-order valence-electron chi connectivity index (χ0n) is 34.6. The molecular formula is C57H50N2. The molecule has 0 N–H and O–H groups in total. The van der Waals surface area contributed by atoms with E-state index in [1.165, 1.54) is 22.3 Å². The molecule has 2 nitrogen and oxygen atoms in total. The van der Waals surface area contributed by atoms with Crippen LogP contribution in [0.1, 0.15) is 45.9 Å². The van der Waals surface area contributed by atoms with E-state index in [2.05, 4.69) is 239 Å². The minimum absolute atomic E-state index is 1.05. The van der Waals surface area contributed by atoms with Crippen LogP contribution in [0.5, 0.6) is 0 Å². The lowest BCUT2D eigenvalue weighted by atomic mass is 9.97. The third-order valence-electron chi connectivity index (χ3n) is 10.6. The van der Waals surface area contributed by atoms with Gasteiger partial charge in [0.25, 0.3) is 0 Å². The monoisotopic (exact) mass is 762 g/mol. The smallest absolute Gasteiger partial charge is 0.0485 e. The molecule has 0 bridgehead atoms. The zero-order chi connectivity index (χ0) is 41.1. The van der Waals surface area contributed by atoms with E-state index in [4.69, 9.17) is 6.42 Å². The van der Waals surface area contributed by atoms with Crippen LogP contribution in [-0.4, -0.2) is 0 Å². The number of anilines is 4. The van der Waals surface area contributed by atoms with Gasteiger partial charge in [0, 0.05) is 46.3 Å². The fourth-order valence-electron chi connectivity index (χ4n) is 7.57. The van der Waals surface area contributed by atoms with Crippen molar-refractivity contribution in [3.8, 4) is 23.5 Å². The van der Waals surface area contributed by atoms with Crippen LogP contribution in [0.2, 0.25) is 0 Å².